The summed E-state index contributed by atoms with van der Waals surface area (Å²) < 4.78 is 26.1. The lowest BCUT2D eigenvalue weighted by Gasteiger charge is -2.33. The molecule has 10 heteroatoms. The van der Waals surface area contributed by atoms with Gasteiger partial charge in [0, 0.05) is 22.1 Å². The third-order valence-corrected chi connectivity index (χ3v) is 6.75. The number of sulfonamides is 1. The standard InChI is InChI=1S/C24H31Cl2N3O4S/c1-16-7-11-20(12-8-16)29(34(6,32)33)15-22(30)28(17(2)23(31)27-24(3,4)5)14-18-9-10-19(25)13-21(18)26/h7-13,17H,14-15H2,1-6H3,(H,27,31)/t17-/m1/s1. The number of anilines is 1. The number of amides is 2. The van der Waals surface area contributed by atoms with Crippen LogP contribution in [0, 0.1) is 6.92 Å². The third kappa shape index (κ3) is 7.89. The quantitative estimate of drug-likeness (QED) is 0.551. The summed E-state index contributed by atoms with van der Waals surface area (Å²) in [6, 6.07) is 10.8. The summed E-state index contributed by atoms with van der Waals surface area (Å²) in [5, 5.41) is 3.64. The molecule has 0 aliphatic heterocycles. The highest BCUT2D eigenvalue weighted by atomic mass is 35.5. The normalized spacial score (nSPS) is 12.7. The van der Waals surface area contributed by atoms with Crippen molar-refractivity contribution in [2.24, 2.45) is 0 Å². The van der Waals surface area contributed by atoms with Crippen LogP contribution in [0.15, 0.2) is 42.5 Å². The number of carbonyl (C=O) groups excluding carboxylic acids is 2. The number of aryl methyl sites for hydroxylation is 1. The molecule has 0 saturated carbocycles. The van der Waals surface area contributed by atoms with Gasteiger partial charge in [0.15, 0.2) is 0 Å². The van der Waals surface area contributed by atoms with Gasteiger partial charge in [-0.15, -0.1) is 0 Å². The molecule has 0 spiro atoms. The molecule has 2 amide bonds. The van der Waals surface area contributed by atoms with E-state index in [4.69, 9.17) is 23.2 Å². The molecule has 7 nitrogen and oxygen atoms in total. The summed E-state index contributed by atoms with van der Waals surface area (Å²) >= 11 is 12.3. The monoisotopic (exact) mass is 527 g/mol. The number of rotatable bonds is 8. The molecule has 0 bridgehead atoms. The minimum absolute atomic E-state index is 0.000928. The number of carbonyl (C=O) groups is 2. The summed E-state index contributed by atoms with van der Waals surface area (Å²) in [7, 11) is -3.78. The van der Waals surface area contributed by atoms with E-state index in [2.05, 4.69) is 5.32 Å². The van der Waals surface area contributed by atoms with E-state index < -0.39 is 34.1 Å². The van der Waals surface area contributed by atoms with Crippen molar-refractivity contribution in [1.82, 2.24) is 10.2 Å². The van der Waals surface area contributed by atoms with E-state index in [1.54, 1.807) is 49.4 Å². The summed E-state index contributed by atoms with van der Waals surface area (Å²) in [6.07, 6.45) is 1.04. The number of nitrogens with zero attached hydrogens (tertiary/aromatic N) is 2. The second kappa shape index (κ2) is 11.0. The number of hydrogen-bond acceptors (Lipinski definition) is 4. The average molecular weight is 529 g/mol. The van der Waals surface area contributed by atoms with Crippen LogP contribution in [0.25, 0.3) is 0 Å². The second-order valence-electron chi connectivity index (χ2n) is 9.28. The van der Waals surface area contributed by atoms with Crippen LogP contribution in [0.4, 0.5) is 5.69 Å². The molecule has 0 saturated heterocycles. The maximum Gasteiger partial charge on any atom is 0.244 e. The van der Waals surface area contributed by atoms with Gasteiger partial charge in [-0.25, -0.2) is 8.42 Å². The van der Waals surface area contributed by atoms with Crippen molar-refractivity contribution < 1.29 is 18.0 Å². The topological polar surface area (TPSA) is 86.8 Å². The van der Waals surface area contributed by atoms with E-state index in [0.717, 1.165) is 16.1 Å². The fraction of sp³-hybridized carbons (Fsp3) is 0.417. The first kappa shape index (κ1) is 28.0. The van der Waals surface area contributed by atoms with Gasteiger partial charge in [0.1, 0.15) is 12.6 Å². The van der Waals surface area contributed by atoms with E-state index in [1.165, 1.54) is 4.90 Å². The average Bonchev–Trinajstić information content (AvgIpc) is 2.69. The van der Waals surface area contributed by atoms with E-state index in [-0.39, 0.29) is 12.5 Å². The van der Waals surface area contributed by atoms with Gasteiger partial charge in [0.2, 0.25) is 21.8 Å². The van der Waals surface area contributed by atoms with Gasteiger partial charge in [-0.3, -0.25) is 13.9 Å². The Morgan fingerprint density at radius 3 is 2.15 bits per heavy atom. The number of halogens is 2. The van der Waals surface area contributed by atoms with Crippen LogP contribution in [0.5, 0.6) is 0 Å². The number of nitrogens with one attached hydrogen (secondary N) is 1. The van der Waals surface area contributed by atoms with E-state index in [0.29, 0.717) is 21.3 Å². The Labute approximate surface area is 212 Å². The predicted molar refractivity (Wildman–Crippen MR) is 138 cm³/mol. The molecule has 0 aliphatic carbocycles. The van der Waals surface area contributed by atoms with Crippen molar-refractivity contribution in [2.45, 2.75) is 52.7 Å². The Morgan fingerprint density at radius 1 is 1.06 bits per heavy atom. The molecule has 34 heavy (non-hydrogen) atoms. The molecule has 0 fully saturated rings. The van der Waals surface area contributed by atoms with Gasteiger partial charge < -0.3 is 10.2 Å². The lowest BCUT2D eigenvalue weighted by Crippen LogP contribution is -2.54. The van der Waals surface area contributed by atoms with Crippen molar-refractivity contribution in [1.29, 1.82) is 0 Å². The minimum atomic E-state index is -3.78. The first-order valence-corrected chi connectivity index (χ1v) is 13.3. The first-order valence-electron chi connectivity index (χ1n) is 10.7. The summed E-state index contributed by atoms with van der Waals surface area (Å²) in [5.41, 5.74) is 1.38. The Morgan fingerprint density at radius 2 is 1.65 bits per heavy atom. The maximum absolute atomic E-state index is 13.5. The minimum Gasteiger partial charge on any atom is -0.350 e. The van der Waals surface area contributed by atoms with Crippen molar-refractivity contribution in [3.63, 3.8) is 0 Å². The van der Waals surface area contributed by atoms with Gasteiger partial charge in [-0.1, -0.05) is 47.0 Å². The molecule has 2 rings (SSSR count). The molecule has 0 aliphatic rings. The molecule has 0 aromatic heterocycles. The van der Waals surface area contributed by atoms with Gasteiger partial charge in [-0.2, -0.15) is 0 Å². The van der Waals surface area contributed by atoms with Crippen LogP contribution < -0.4 is 9.62 Å². The fourth-order valence-electron chi connectivity index (χ4n) is 3.21. The molecule has 186 valence electrons. The molecule has 1 atom stereocenters. The van der Waals surface area contributed by atoms with E-state index in [9.17, 15) is 18.0 Å². The fourth-order valence-corrected chi connectivity index (χ4v) is 4.53. The molecule has 0 radical (unpaired) electrons. The number of benzene rings is 2. The zero-order chi connectivity index (χ0) is 25.8. The zero-order valence-corrected chi connectivity index (χ0v) is 22.6. The van der Waals surface area contributed by atoms with Crippen LogP contribution >= 0.6 is 23.2 Å². The first-order chi connectivity index (χ1) is 15.6. The summed E-state index contributed by atoms with van der Waals surface area (Å²) in [5.74, 6) is -0.916. The Kier molecular flexibility index (Phi) is 9.02. The summed E-state index contributed by atoms with van der Waals surface area (Å²) in [6.45, 7) is 8.51. The van der Waals surface area contributed by atoms with Crippen LogP contribution in [0.3, 0.4) is 0 Å². The Balaban J connectivity index is 2.43. The van der Waals surface area contributed by atoms with E-state index >= 15 is 0 Å². The van der Waals surface area contributed by atoms with Crippen molar-refractivity contribution in [3.8, 4) is 0 Å². The third-order valence-electron chi connectivity index (χ3n) is 5.02. The van der Waals surface area contributed by atoms with Gasteiger partial charge in [0.05, 0.1) is 11.9 Å². The molecular formula is C24H31Cl2N3O4S. The highest BCUT2D eigenvalue weighted by Gasteiger charge is 2.31. The molecule has 2 aromatic rings. The van der Waals surface area contributed by atoms with Crippen LogP contribution in [0.2, 0.25) is 10.0 Å². The highest BCUT2D eigenvalue weighted by molar-refractivity contribution is 7.92. The van der Waals surface area contributed by atoms with Crippen molar-refractivity contribution in [3.05, 3.63) is 63.6 Å². The molecular weight excluding hydrogens is 497 g/mol. The van der Waals surface area contributed by atoms with Crippen LogP contribution in [0.1, 0.15) is 38.8 Å². The summed E-state index contributed by atoms with van der Waals surface area (Å²) in [4.78, 5) is 27.8. The largest absolute Gasteiger partial charge is 0.350 e. The van der Waals surface area contributed by atoms with Crippen molar-refractivity contribution in [2.75, 3.05) is 17.1 Å². The Bertz CT molecular complexity index is 1150. The van der Waals surface area contributed by atoms with Gasteiger partial charge in [-0.05, 0) is 64.4 Å². The Hall–Kier alpha value is -2.29. The zero-order valence-electron chi connectivity index (χ0n) is 20.2. The molecule has 1 N–H and O–H groups in total. The maximum atomic E-state index is 13.5. The van der Waals surface area contributed by atoms with Gasteiger partial charge in [0.25, 0.3) is 0 Å². The molecule has 0 heterocycles. The SMILES string of the molecule is Cc1ccc(N(CC(=O)N(Cc2ccc(Cl)cc2Cl)[C@H](C)C(=O)NC(C)(C)C)S(C)(=O)=O)cc1. The predicted octanol–water partition coefficient (Wildman–Crippen LogP) is 4.40. The molecule has 0 unspecified atom stereocenters. The lowest BCUT2D eigenvalue weighted by molar-refractivity contribution is -0.140. The second-order valence-corrected chi connectivity index (χ2v) is 12.0. The van der Waals surface area contributed by atoms with Crippen LogP contribution in [-0.4, -0.2) is 49.5 Å². The smallest absolute Gasteiger partial charge is 0.244 e. The lowest BCUT2D eigenvalue weighted by atomic mass is 10.1. The number of hydrogen-bond donors (Lipinski definition) is 1. The van der Waals surface area contributed by atoms with E-state index in [1.807, 2.05) is 27.7 Å². The van der Waals surface area contributed by atoms with Gasteiger partial charge >= 0.3 is 0 Å². The molecule has 2 aromatic carbocycles. The highest BCUT2D eigenvalue weighted by Crippen LogP contribution is 2.24. The van der Waals surface area contributed by atoms with Crippen LogP contribution in [-0.2, 0) is 26.2 Å². The van der Waals surface area contributed by atoms with Crippen molar-refractivity contribution >= 4 is 50.7 Å².